The summed E-state index contributed by atoms with van der Waals surface area (Å²) in [6, 6.07) is 0. The molecule has 1 aliphatic carbocycles. The predicted octanol–water partition coefficient (Wildman–Crippen LogP) is 2.55. The van der Waals surface area contributed by atoms with Crippen molar-refractivity contribution in [3.05, 3.63) is 47.1 Å². The molecule has 1 heterocycles. The highest BCUT2D eigenvalue weighted by Crippen LogP contribution is 2.36. The van der Waals surface area contributed by atoms with E-state index < -0.39 is 48.7 Å². The molecule has 1 fully saturated rings. The van der Waals surface area contributed by atoms with Crippen LogP contribution >= 0.6 is 0 Å². The van der Waals surface area contributed by atoms with Gasteiger partial charge >= 0.3 is 17.9 Å². The Labute approximate surface area is 170 Å². The van der Waals surface area contributed by atoms with Gasteiger partial charge < -0.3 is 19.3 Å². The van der Waals surface area contributed by atoms with Gasteiger partial charge in [-0.1, -0.05) is 24.3 Å². The topological polar surface area (TPSA) is 99.1 Å². The third-order valence-electron chi connectivity index (χ3n) is 5.15. The number of carbonyl (C=O) groups excluding carboxylic acids is 3. The molecule has 7 nitrogen and oxygen atoms in total. The molecule has 1 N–H and O–H groups in total. The fourth-order valence-corrected chi connectivity index (χ4v) is 3.51. The molecule has 4 atom stereocenters. The molecule has 0 amide bonds. The fraction of sp³-hybridized carbons (Fsp3) is 0.500. The normalized spacial score (nSPS) is 31.6. The predicted molar refractivity (Wildman–Crippen MR) is 106 cm³/mol. The molecule has 0 spiro atoms. The highest BCUT2D eigenvalue weighted by atomic mass is 16.6. The van der Waals surface area contributed by atoms with Gasteiger partial charge in [0.15, 0.2) is 0 Å². The molecule has 0 aromatic rings. The van der Waals surface area contributed by atoms with Crippen molar-refractivity contribution in [2.45, 2.75) is 58.8 Å². The van der Waals surface area contributed by atoms with Gasteiger partial charge in [0.25, 0.3) is 0 Å². The van der Waals surface area contributed by atoms with E-state index in [1.165, 1.54) is 13.0 Å². The van der Waals surface area contributed by atoms with Gasteiger partial charge in [-0.2, -0.15) is 0 Å². The van der Waals surface area contributed by atoms with E-state index in [4.69, 9.17) is 14.2 Å². The molecular formula is C22H28O7. The van der Waals surface area contributed by atoms with E-state index in [0.717, 1.165) is 11.1 Å². The lowest BCUT2D eigenvalue weighted by molar-refractivity contribution is -0.148. The number of aliphatic hydroxyl groups is 1. The Morgan fingerprint density at radius 3 is 2.62 bits per heavy atom. The van der Waals surface area contributed by atoms with E-state index in [0.29, 0.717) is 12.8 Å². The van der Waals surface area contributed by atoms with E-state index in [1.54, 1.807) is 19.9 Å². The van der Waals surface area contributed by atoms with Crippen molar-refractivity contribution in [2.75, 3.05) is 6.61 Å². The van der Waals surface area contributed by atoms with Crippen molar-refractivity contribution in [3.8, 4) is 0 Å². The van der Waals surface area contributed by atoms with Crippen molar-refractivity contribution < 1.29 is 33.7 Å². The molecule has 29 heavy (non-hydrogen) atoms. The zero-order valence-electron chi connectivity index (χ0n) is 17.3. The van der Waals surface area contributed by atoms with Crippen molar-refractivity contribution in [1.82, 2.24) is 0 Å². The Balaban J connectivity index is 2.43. The first-order valence-corrected chi connectivity index (χ1v) is 9.55. The SMILES string of the molecule is C=C1C(=O)O[C@H]2/C=C(/C)[C@@H](OC(C)=O)C/C=C(\C)C[C@@H](OC(=O)/C(=C/C)CO)[C@@H]12. The van der Waals surface area contributed by atoms with Crippen LogP contribution in [-0.2, 0) is 28.6 Å². The van der Waals surface area contributed by atoms with Crippen LogP contribution in [0, 0.1) is 5.92 Å². The van der Waals surface area contributed by atoms with Gasteiger partial charge in [-0.3, -0.25) is 4.79 Å². The number of carbonyl (C=O) groups is 3. The third kappa shape index (κ3) is 5.44. The van der Waals surface area contributed by atoms with Crippen molar-refractivity contribution in [3.63, 3.8) is 0 Å². The standard InChI is InChI=1S/C22H28O7/c1-6-16(11-23)22(26)29-18-9-12(2)7-8-17(27-15(5)24)13(3)10-19-20(18)14(4)21(25)28-19/h6-7,10,17-20,23H,4,8-9,11H2,1-3,5H3/b12-7+,13-10-,16-6+/t17-,18+,19-,20+/m0/s1. The van der Waals surface area contributed by atoms with E-state index >= 15 is 0 Å². The summed E-state index contributed by atoms with van der Waals surface area (Å²) < 4.78 is 16.5. The van der Waals surface area contributed by atoms with Crippen LogP contribution in [-0.4, -0.2) is 47.9 Å². The molecule has 7 heteroatoms. The smallest absolute Gasteiger partial charge is 0.336 e. The maximum atomic E-state index is 12.4. The van der Waals surface area contributed by atoms with E-state index in [9.17, 15) is 19.5 Å². The number of hydrogen-bond donors (Lipinski definition) is 1. The molecule has 1 saturated heterocycles. The minimum absolute atomic E-state index is 0.137. The van der Waals surface area contributed by atoms with Crippen LogP contribution in [0.15, 0.2) is 47.1 Å². The van der Waals surface area contributed by atoms with E-state index in [1.807, 2.05) is 13.0 Å². The first-order chi connectivity index (χ1) is 13.7. The number of ether oxygens (including phenoxy) is 3. The second kappa shape index (κ2) is 9.69. The first kappa shape index (κ1) is 22.6. The van der Waals surface area contributed by atoms with Crippen LogP contribution in [0.2, 0.25) is 0 Å². The van der Waals surface area contributed by atoms with Gasteiger partial charge in [0.2, 0.25) is 0 Å². The van der Waals surface area contributed by atoms with Crippen LogP contribution in [0.3, 0.4) is 0 Å². The van der Waals surface area contributed by atoms with Gasteiger partial charge in [-0.05, 0) is 32.4 Å². The molecule has 2 aliphatic rings. The maximum Gasteiger partial charge on any atom is 0.336 e. The molecule has 0 saturated carbocycles. The van der Waals surface area contributed by atoms with Crippen LogP contribution in [0.4, 0.5) is 0 Å². The summed E-state index contributed by atoms with van der Waals surface area (Å²) in [6.07, 6.45) is 4.09. The lowest BCUT2D eigenvalue weighted by Gasteiger charge is -2.28. The summed E-state index contributed by atoms with van der Waals surface area (Å²) in [5, 5.41) is 9.35. The van der Waals surface area contributed by atoms with Crippen LogP contribution < -0.4 is 0 Å². The van der Waals surface area contributed by atoms with Crippen molar-refractivity contribution in [2.24, 2.45) is 5.92 Å². The minimum Gasteiger partial charge on any atom is -0.458 e. The van der Waals surface area contributed by atoms with Gasteiger partial charge in [0.05, 0.1) is 18.1 Å². The monoisotopic (exact) mass is 404 g/mol. The third-order valence-corrected chi connectivity index (χ3v) is 5.15. The second-order valence-corrected chi connectivity index (χ2v) is 7.34. The zero-order valence-corrected chi connectivity index (χ0v) is 17.3. The Morgan fingerprint density at radius 2 is 2.03 bits per heavy atom. The second-order valence-electron chi connectivity index (χ2n) is 7.34. The number of aliphatic hydroxyl groups excluding tert-OH is 1. The van der Waals surface area contributed by atoms with Gasteiger partial charge in [0.1, 0.15) is 18.3 Å². The highest BCUT2D eigenvalue weighted by molar-refractivity contribution is 5.92. The van der Waals surface area contributed by atoms with Crippen LogP contribution in [0.25, 0.3) is 0 Å². The Hall–Kier alpha value is -2.67. The molecule has 0 aromatic carbocycles. The van der Waals surface area contributed by atoms with E-state index in [2.05, 4.69) is 6.58 Å². The largest absolute Gasteiger partial charge is 0.458 e. The maximum absolute atomic E-state index is 12.4. The summed E-state index contributed by atoms with van der Waals surface area (Å²) in [5.74, 6) is -2.18. The number of hydrogen-bond acceptors (Lipinski definition) is 7. The van der Waals surface area contributed by atoms with Crippen LogP contribution in [0.1, 0.15) is 40.5 Å². The minimum atomic E-state index is -0.696. The van der Waals surface area contributed by atoms with Crippen molar-refractivity contribution >= 4 is 17.9 Å². The van der Waals surface area contributed by atoms with Gasteiger partial charge in [-0.15, -0.1) is 0 Å². The molecule has 1 aliphatic heterocycles. The molecule has 0 radical (unpaired) electrons. The first-order valence-electron chi connectivity index (χ1n) is 9.55. The molecule has 0 bridgehead atoms. The Morgan fingerprint density at radius 1 is 1.34 bits per heavy atom. The number of fused-ring (bicyclic) bond motifs is 1. The Kier molecular flexibility index (Phi) is 7.56. The summed E-state index contributed by atoms with van der Waals surface area (Å²) >= 11 is 0. The van der Waals surface area contributed by atoms with Gasteiger partial charge in [-0.25, -0.2) is 9.59 Å². The summed E-state index contributed by atoms with van der Waals surface area (Å²) in [4.78, 5) is 36.1. The summed E-state index contributed by atoms with van der Waals surface area (Å²) in [7, 11) is 0. The molecule has 158 valence electrons. The molecule has 2 rings (SSSR count). The lowest BCUT2D eigenvalue weighted by Crippen LogP contribution is -2.34. The fourth-order valence-electron chi connectivity index (χ4n) is 3.51. The summed E-state index contributed by atoms with van der Waals surface area (Å²) in [6.45, 7) is 10.1. The number of rotatable bonds is 4. The highest BCUT2D eigenvalue weighted by Gasteiger charge is 2.45. The van der Waals surface area contributed by atoms with Crippen molar-refractivity contribution in [1.29, 1.82) is 0 Å². The van der Waals surface area contributed by atoms with Gasteiger partial charge in [0, 0.05) is 25.3 Å². The number of allylic oxidation sites excluding steroid dienone is 1. The molecule has 0 aromatic heterocycles. The zero-order chi connectivity index (χ0) is 21.7. The average molecular weight is 404 g/mol. The molecular weight excluding hydrogens is 376 g/mol. The Bertz CT molecular complexity index is 787. The lowest BCUT2D eigenvalue weighted by atomic mass is 9.85. The average Bonchev–Trinajstić information content (AvgIpc) is 2.91. The number of esters is 3. The molecule has 0 unspecified atom stereocenters. The van der Waals surface area contributed by atoms with Crippen LogP contribution in [0.5, 0.6) is 0 Å². The quantitative estimate of drug-likeness (QED) is 0.333. The summed E-state index contributed by atoms with van der Waals surface area (Å²) in [5.41, 5.74) is 2.00. The van der Waals surface area contributed by atoms with E-state index in [-0.39, 0.29) is 11.1 Å².